The van der Waals surface area contributed by atoms with Crippen molar-refractivity contribution in [3.63, 3.8) is 0 Å². The number of halogens is 1. The first-order valence-electron chi connectivity index (χ1n) is 6.62. The SMILES string of the molecule is ClCC(CCCC1CCCO1)c1ccccc1. The fourth-order valence-electron chi connectivity index (χ4n) is 2.52. The van der Waals surface area contributed by atoms with Crippen LogP contribution in [0.15, 0.2) is 30.3 Å². The smallest absolute Gasteiger partial charge is 0.0576 e. The van der Waals surface area contributed by atoms with Crippen LogP contribution in [0.3, 0.4) is 0 Å². The second kappa shape index (κ2) is 7.03. The number of hydrogen-bond acceptors (Lipinski definition) is 1. The summed E-state index contributed by atoms with van der Waals surface area (Å²) in [7, 11) is 0. The van der Waals surface area contributed by atoms with Crippen molar-refractivity contribution in [3.05, 3.63) is 35.9 Å². The van der Waals surface area contributed by atoms with Crippen LogP contribution in [-0.2, 0) is 4.74 Å². The molecular weight excluding hydrogens is 232 g/mol. The lowest BCUT2D eigenvalue weighted by molar-refractivity contribution is 0.102. The van der Waals surface area contributed by atoms with Gasteiger partial charge in [-0.2, -0.15) is 0 Å². The molecule has 1 aliphatic rings. The van der Waals surface area contributed by atoms with E-state index >= 15 is 0 Å². The summed E-state index contributed by atoms with van der Waals surface area (Å²) in [6.45, 7) is 0.961. The lowest BCUT2D eigenvalue weighted by atomic mass is 9.94. The number of rotatable bonds is 6. The van der Waals surface area contributed by atoms with Crippen LogP contribution in [-0.4, -0.2) is 18.6 Å². The molecule has 0 aliphatic carbocycles. The maximum atomic E-state index is 6.07. The lowest BCUT2D eigenvalue weighted by Gasteiger charge is -2.15. The summed E-state index contributed by atoms with van der Waals surface area (Å²) < 4.78 is 5.64. The van der Waals surface area contributed by atoms with Gasteiger partial charge in [-0.25, -0.2) is 0 Å². The van der Waals surface area contributed by atoms with Crippen LogP contribution < -0.4 is 0 Å². The van der Waals surface area contributed by atoms with Gasteiger partial charge in [0.2, 0.25) is 0 Å². The van der Waals surface area contributed by atoms with Gasteiger partial charge in [0, 0.05) is 12.5 Å². The van der Waals surface area contributed by atoms with Gasteiger partial charge in [0.15, 0.2) is 0 Å². The zero-order valence-electron chi connectivity index (χ0n) is 10.3. The Morgan fingerprint density at radius 3 is 2.76 bits per heavy atom. The van der Waals surface area contributed by atoms with Crippen molar-refractivity contribution in [1.29, 1.82) is 0 Å². The molecule has 2 unspecified atom stereocenters. The molecule has 0 aromatic heterocycles. The molecule has 1 aromatic carbocycles. The maximum absolute atomic E-state index is 6.07. The molecule has 1 heterocycles. The maximum Gasteiger partial charge on any atom is 0.0576 e. The first-order chi connectivity index (χ1) is 8.40. The van der Waals surface area contributed by atoms with E-state index in [1.54, 1.807) is 0 Å². The van der Waals surface area contributed by atoms with Gasteiger partial charge in [0.25, 0.3) is 0 Å². The fraction of sp³-hybridized carbons (Fsp3) is 0.600. The van der Waals surface area contributed by atoms with Crippen LogP contribution in [0.2, 0.25) is 0 Å². The van der Waals surface area contributed by atoms with Gasteiger partial charge in [-0.3, -0.25) is 0 Å². The van der Waals surface area contributed by atoms with Crippen molar-refractivity contribution in [3.8, 4) is 0 Å². The molecule has 1 saturated heterocycles. The first kappa shape index (κ1) is 12.9. The highest BCUT2D eigenvalue weighted by Gasteiger charge is 2.16. The summed E-state index contributed by atoms with van der Waals surface area (Å²) in [6.07, 6.45) is 6.59. The zero-order chi connectivity index (χ0) is 11.9. The number of ether oxygens (including phenoxy) is 1. The summed E-state index contributed by atoms with van der Waals surface area (Å²) in [5.41, 5.74) is 1.37. The molecule has 1 aromatic rings. The van der Waals surface area contributed by atoms with Gasteiger partial charge < -0.3 is 4.74 Å². The molecule has 0 bridgehead atoms. The largest absolute Gasteiger partial charge is 0.378 e. The topological polar surface area (TPSA) is 9.23 Å². The Morgan fingerprint density at radius 1 is 1.29 bits per heavy atom. The molecule has 0 spiro atoms. The minimum Gasteiger partial charge on any atom is -0.378 e. The molecule has 1 aliphatic heterocycles. The van der Waals surface area contributed by atoms with E-state index < -0.39 is 0 Å². The average molecular weight is 253 g/mol. The number of benzene rings is 1. The van der Waals surface area contributed by atoms with E-state index in [0.29, 0.717) is 12.0 Å². The Bertz CT molecular complexity index is 306. The Balaban J connectivity index is 1.75. The second-order valence-electron chi connectivity index (χ2n) is 4.83. The minimum atomic E-state index is 0.499. The molecule has 0 N–H and O–H groups in total. The van der Waals surface area contributed by atoms with E-state index in [-0.39, 0.29) is 0 Å². The molecule has 94 valence electrons. The Labute approximate surface area is 109 Å². The quantitative estimate of drug-likeness (QED) is 0.684. The van der Waals surface area contributed by atoms with Gasteiger partial charge in [-0.1, -0.05) is 36.8 Å². The zero-order valence-corrected chi connectivity index (χ0v) is 11.0. The molecule has 0 radical (unpaired) electrons. The third-order valence-electron chi connectivity index (χ3n) is 3.56. The monoisotopic (exact) mass is 252 g/mol. The van der Waals surface area contributed by atoms with Crippen molar-refractivity contribution in [2.45, 2.75) is 44.1 Å². The molecule has 1 fully saturated rings. The molecule has 2 atom stereocenters. The third-order valence-corrected chi connectivity index (χ3v) is 3.93. The van der Waals surface area contributed by atoms with Crippen molar-refractivity contribution in [1.82, 2.24) is 0 Å². The second-order valence-corrected chi connectivity index (χ2v) is 5.14. The van der Waals surface area contributed by atoms with Gasteiger partial charge in [-0.15, -0.1) is 11.6 Å². The molecule has 0 saturated carbocycles. The van der Waals surface area contributed by atoms with E-state index in [0.717, 1.165) is 12.5 Å². The van der Waals surface area contributed by atoms with Crippen LogP contribution >= 0.6 is 11.6 Å². The molecular formula is C15H21ClO. The van der Waals surface area contributed by atoms with Crippen molar-refractivity contribution in [2.75, 3.05) is 12.5 Å². The number of hydrogen-bond donors (Lipinski definition) is 0. The predicted octanol–water partition coefficient (Wildman–Crippen LogP) is 4.36. The van der Waals surface area contributed by atoms with Gasteiger partial charge in [-0.05, 0) is 37.2 Å². The van der Waals surface area contributed by atoms with E-state index in [2.05, 4.69) is 30.3 Å². The normalized spacial score (nSPS) is 21.6. The third kappa shape index (κ3) is 4.01. The van der Waals surface area contributed by atoms with Crippen LogP contribution in [0, 0.1) is 0 Å². The first-order valence-corrected chi connectivity index (χ1v) is 7.16. The van der Waals surface area contributed by atoms with Gasteiger partial charge in [0.05, 0.1) is 6.10 Å². The average Bonchev–Trinajstić information content (AvgIpc) is 2.89. The minimum absolute atomic E-state index is 0.499. The fourth-order valence-corrected chi connectivity index (χ4v) is 2.85. The highest BCUT2D eigenvalue weighted by molar-refractivity contribution is 6.18. The molecule has 1 nitrogen and oxygen atoms in total. The van der Waals surface area contributed by atoms with Crippen LogP contribution in [0.25, 0.3) is 0 Å². The highest BCUT2D eigenvalue weighted by Crippen LogP contribution is 2.25. The summed E-state index contributed by atoms with van der Waals surface area (Å²) in [4.78, 5) is 0. The Morgan fingerprint density at radius 2 is 2.12 bits per heavy atom. The van der Waals surface area contributed by atoms with Crippen molar-refractivity contribution in [2.24, 2.45) is 0 Å². The van der Waals surface area contributed by atoms with Crippen LogP contribution in [0.1, 0.15) is 43.6 Å². The molecule has 2 rings (SSSR count). The molecule has 2 heteroatoms. The predicted molar refractivity (Wildman–Crippen MR) is 72.7 cm³/mol. The van der Waals surface area contributed by atoms with E-state index in [1.165, 1.54) is 37.7 Å². The Kier molecular flexibility index (Phi) is 5.34. The van der Waals surface area contributed by atoms with Crippen molar-refractivity contribution >= 4 is 11.6 Å². The van der Waals surface area contributed by atoms with E-state index in [1.807, 2.05) is 0 Å². The van der Waals surface area contributed by atoms with Gasteiger partial charge in [0.1, 0.15) is 0 Å². The van der Waals surface area contributed by atoms with E-state index in [9.17, 15) is 0 Å². The highest BCUT2D eigenvalue weighted by atomic mass is 35.5. The Hall–Kier alpha value is -0.530. The summed E-state index contributed by atoms with van der Waals surface area (Å²) in [6, 6.07) is 10.6. The standard InChI is InChI=1S/C15H21ClO/c16-12-14(13-6-2-1-3-7-13)8-4-9-15-10-5-11-17-15/h1-3,6-7,14-15H,4-5,8-12H2. The summed E-state index contributed by atoms with van der Waals surface area (Å²) in [5, 5.41) is 0. The molecule has 17 heavy (non-hydrogen) atoms. The van der Waals surface area contributed by atoms with E-state index in [4.69, 9.17) is 16.3 Å². The van der Waals surface area contributed by atoms with Crippen molar-refractivity contribution < 1.29 is 4.74 Å². The molecule has 0 amide bonds. The van der Waals surface area contributed by atoms with Crippen LogP contribution in [0.4, 0.5) is 0 Å². The van der Waals surface area contributed by atoms with Crippen LogP contribution in [0.5, 0.6) is 0 Å². The summed E-state index contributed by atoms with van der Waals surface area (Å²) in [5.74, 6) is 1.22. The van der Waals surface area contributed by atoms with Gasteiger partial charge >= 0.3 is 0 Å². The lowest BCUT2D eigenvalue weighted by Crippen LogP contribution is -2.07. The number of alkyl halides is 1. The summed E-state index contributed by atoms with van der Waals surface area (Å²) >= 11 is 6.07.